The quantitative estimate of drug-likeness (QED) is 0.633. The number of carbonyl (C=O) groups excluding carboxylic acids is 2. The summed E-state index contributed by atoms with van der Waals surface area (Å²) in [6.45, 7) is 0. The van der Waals surface area contributed by atoms with Crippen molar-refractivity contribution >= 4 is 17.6 Å². The van der Waals surface area contributed by atoms with Crippen molar-refractivity contribution in [3.8, 4) is 5.75 Å². The number of carbonyl (C=O) groups is 2. The molecule has 1 heterocycles. The van der Waals surface area contributed by atoms with Gasteiger partial charge in [0.25, 0.3) is 0 Å². The van der Waals surface area contributed by atoms with Gasteiger partial charge in [-0.1, -0.05) is 0 Å². The first-order valence-electron chi connectivity index (χ1n) is 6.94. The Kier molecular flexibility index (Phi) is 2.34. The van der Waals surface area contributed by atoms with Crippen LogP contribution in [-0.2, 0) is 14.3 Å². The molecule has 1 aromatic carbocycles. The van der Waals surface area contributed by atoms with Crippen LogP contribution in [0, 0.1) is 23.7 Å². The fourth-order valence-corrected chi connectivity index (χ4v) is 4.13. The maximum atomic E-state index is 12.4. The molecule has 0 unspecified atom stereocenters. The molecule has 3 fully saturated rings. The average Bonchev–Trinajstić information content (AvgIpc) is 3.02. The Hall–Kier alpha value is -2.04. The Morgan fingerprint density at radius 3 is 2.75 bits per heavy atom. The van der Waals surface area contributed by atoms with E-state index in [1.54, 1.807) is 12.1 Å². The van der Waals surface area contributed by atoms with Crippen LogP contribution in [0.5, 0.6) is 5.75 Å². The van der Waals surface area contributed by atoms with E-state index in [-0.39, 0.29) is 47.4 Å². The maximum Gasteiger partial charge on any atom is 0.310 e. The van der Waals surface area contributed by atoms with E-state index in [0.29, 0.717) is 5.69 Å². The molecule has 1 saturated heterocycles. The highest BCUT2D eigenvalue weighted by molar-refractivity contribution is 5.96. The number of rotatable bonds is 2. The van der Waals surface area contributed by atoms with Crippen LogP contribution in [0.1, 0.15) is 12.8 Å². The van der Waals surface area contributed by atoms with Crippen LogP contribution in [0.3, 0.4) is 0 Å². The molecule has 2 saturated carbocycles. The summed E-state index contributed by atoms with van der Waals surface area (Å²) < 4.78 is 5.33. The fourth-order valence-electron chi connectivity index (χ4n) is 4.13. The second-order valence-electron chi connectivity index (χ2n) is 5.96. The number of hydrogen-bond donors (Lipinski definition) is 2. The van der Waals surface area contributed by atoms with Crippen LogP contribution in [0.25, 0.3) is 0 Å². The van der Waals surface area contributed by atoms with E-state index in [4.69, 9.17) is 4.74 Å². The molecule has 5 atom stereocenters. The van der Waals surface area contributed by atoms with Crippen molar-refractivity contribution in [3.05, 3.63) is 24.3 Å². The lowest BCUT2D eigenvalue weighted by Gasteiger charge is -2.23. The van der Waals surface area contributed by atoms with Gasteiger partial charge in [-0.15, -0.1) is 0 Å². The minimum absolute atomic E-state index is 0.0511. The fraction of sp³-hybridized carbons (Fsp3) is 0.467. The van der Waals surface area contributed by atoms with Gasteiger partial charge in [-0.2, -0.15) is 0 Å². The van der Waals surface area contributed by atoms with Crippen LogP contribution >= 0.6 is 0 Å². The summed E-state index contributed by atoms with van der Waals surface area (Å²) in [6, 6.07) is 6.35. The number of nitrogens with one attached hydrogen (secondary N) is 1. The number of ether oxygens (including phenoxy) is 1. The van der Waals surface area contributed by atoms with Gasteiger partial charge in [-0.3, -0.25) is 9.59 Å². The highest BCUT2D eigenvalue weighted by atomic mass is 16.6. The van der Waals surface area contributed by atoms with Crippen LogP contribution in [0.4, 0.5) is 5.69 Å². The number of amides is 1. The van der Waals surface area contributed by atoms with E-state index >= 15 is 0 Å². The Labute approximate surface area is 115 Å². The second kappa shape index (κ2) is 3.98. The minimum Gasteiger partial charge on any atom is -0.508 e. The summed E-state index contributed by atoms with van der Waals surface area (Å²) in [6.07, 6.45) is 1.80. The monoisotopic (exact) mass is 273 g/mol. The van der Waals surface area contributed by atoms with Crippen LogP contribution in [0.15, 0.2) is 24.3 Å². The first-order chi connectivity index (χ1) is 9.63. The van der Waals surface area contributed by atoms with E-state index in [1.165, 1.54) is 12.1 Å². The molecule has 1 aromatic rings. The summed E-state index contributed by atoms with van der Waals surface area (Å²) in [4.78, 5) is 24.3. The van der Waals surface area contributed by atoms with Gasteiger partial charge in [-0.05, 0) is 43.0 Å². The Balaban J connectivity index is 1.54. The van der Waals surface area contributed by atoms with Crippen molar-refractivity contribution in [2.75, 3.05) is 5.32 Å². The molecule has 1 amide bonds. The van der Waals surface area contributed by atoms with Crippen LogP contribution in [0.2, 0.25) is 0 Å². The third-order valence-corrected chi connectivity index (χ3v) is 4.92. The molecule has 0 radical (unpaired) electrons. The Bertz CT molecular complexity index is 580. The van der Waals surface area contributed by atoms with Crippen molar-refractivity contribution in [3.63, 3.8) is 0 Å². The molecule has 2 bridgehead atoms. The smallest absolute Gasteiger partial charge is 0.310 e. The summed E-state index contributed by atoms with van der Waals surface area (Å²) in [5.74, 6) is -0.168. The van der Waals surface area contributed by atoms with Crippen molar-refractivity contribution in [2.24, 2.45) is 23.7 Å². The second-order valence-corrected chi connectivity index (χ2v) is 5.96. The van der Waals surface area contributed by atoms with Gasteiger partial charge in [0.15, 0.2) is 0 Å². The topological polar surface area (TPSA) is 75.6 Å². The van der Waals surface area contributed by atoms with Gasteiger partial charge >= 0.3 is 5.97 Å². The molecule has 20 heavy (non-hydrogen) atoms. The van der Waals surface area contributed by atoms with Crippen molar-refractivity contribution in [2.45, 2.75) is 18.9 Å². The number of benzene rings is 1. The zero-order valence-electron chi connectivity index (χ0n) is 10.8. The number of fused-ring (bicyclic) bond motifs is 1. The number of esters is 1. The molecule has 4 rings (SSSR count). The summed E-state index contributed by atoms with van der Waals surface area (Å²) >= 11 is 0. The van der Waals surface area contributed by atoms with E-state index in [9.17, 15) is 14.7 Å². The first kappa shape index (κ1) is 11.8. The predicted molar refractivity (Wildman–Crippen MR) is 69.8 cm³/mol. The molecule has 0 aromatic heterocycles. The molecule has 5 heteroatoms. The summed E-state index contributed by atoms with van der Waals surface area (Å²) in [7, 11) is 0. The summed E-state index contributed by atoms with van der Waals surface area (Å²) in [5, 5.41) is 12.1. The third-order valence-electron chi connectivity index (χ3n) is 4.92. The molecule has 3 aliphatic rings. The molecule has 1 aliphatic heterocycles. The lowest BCUT2D eigenvalue weighted by molar-refractivity contribution is -0.145. The summed E-state index contributed by atoms with van der Waals surface area (Å²) in [5.41, 5.74) is 0.637. The lowest BCUT2D eigenvalue weighted by Crippen LogP contribution is -2.35. The Morgan fingerprint density at radius 2 is 2.00 bits per heavy atom. The number of phenolic OH excluding ortho intramolecular Hbond substituents is 1. The highest BCUT2D eigenvalue weighted by Crippen LogP contribution is 2.57. The molecule has 2 aliphatic carbocycles. The largest absolute Gasteiger partial charge is 0.508 e. The van der Waals surface area contributed by atoms with E-state index in [1.807, 2.05) is 0 Å². The SMILES string of the molecule is O=C(Nc1ccc(O)cc1)[C@H]1[C@H]2C[C@@H]3[C@@H]1C(=O)O[C@@H]3C2. The molecule has 104 valence electrons. The van der Waals surface area contributed by atoms with Gasteiger partial charge < -0.3 is 15.2 Å². The van der Waals surface area contributed by atoms with Gasteiger partial charge in [0.05, 0.1) is 11.8 Å². The van der Waals surface area contributed by atoms with Gasteiger partial charge in [0, 0.05) is 11.6 Å². The van der Waals surface area contributed by atoms with Gasteiger partial charge in [0.1, 0.15) is 11.9 Å². The van der Waals surface area contributed by atoms with Crippen molar-refractivity contribution in [1.82, 2.24) is 0 Å². The number of phenols is 1. The Morgan fingerprint density at radius 1 is 1.25 bits per heavy atom. The van der Waals surface area contributed by atoms with Crippen LogP contribution in [-0.4, -0.2) is 23.1 Å². The predicted octanol–water partition coefficient (Wildman–Crippen LogP) is 1.53. The van der Waals surface area contributed by atoms with Crippen molar-refractivity contribution < 1.29 is 19.4 Å². The molecule has 0 spiro atoms. The number of aromatic hydroxyl groups is 1. The van der Waals surface area contributed by atoms with E-state index in [0.717, 1.165) is 12.8 Å². The van der Waals surface area contributed by atoms with E-state index < -0.39 is 0 Å². The lowest BCUT2D eigenvalue weighted by atomic mass is 9.79. The standard InChI is InChI=1S/C15H15NO4/c17-9-3-1-8(2-4-9)16-14(18)12-7-5-10-11(6-7)20-15(19)13(10)12/h1-4,7,10-13,17H,5-6H2,(H,16,18)/t7-,10-,11+,12-,13-/m0/s1. The normalized spacial score (nSPS) is 37.0. The van der Waals surface area contributed by atoms with Crippen molar-refractivity contribution in [1.29, 1.82) is 0 Å². The maximum absolute atomic E-state index is 12.4. The average molecular weight is 273 g/mol. The highest BCUT2D eigenvalue weighted by Gasteiger charge is 2.63. The van der Waals surface area contributed by atoms with Gasteiger partial charge in [-0.25, -0.2) is 0 Å². The van der Waals surface area contributed by atoms with E-state index in [2.05, 4.69) is 5.32 Å². The molecule has 5 nitrogen and oxygen atoms in total. The zero-order chi connectivity index (χ0) is 13.9. The first-order valence-corrected chi connectivity index (χ1v) is 6.94. The zero-order valence-corrected chi connectivity index (χ0v) is 10.8. The number of anilines is 1. The van der Waals surface area contributed by atoms with Gasteiger partial charge in [0.2, 0.25) is 5.91 Å². The third kappa shape index (κ3) is 1.55. The molecule has 2 N–H and O–H groups in total. The minimum atomic E-state index is -0.264. The number of hydrogen-bond acceptors (Lipinski definition) is 4. The molecular weight excluding hydrogens is 258 g/mol. The molecular formula is C15H15NO4. The van der Waals surface area contributed by atoms with Crippen LogP contribution < -0.4 is 5.32 Å².